The van der Waals surface area contributed by atoms with Gasteiger partial charge in [-0.1, -0.05) is 15.9 Å². The Hall–Kier alpha value is -1.48. The summed E-state index contributed by atoms with van der Waals surface area (Å²) in [6.45, 7) is 0. The Morgan fingerprint density at radius 3 is 2.33 bits per heavy atom. The van der Waals surface area contributed by atoms with Gasteiger partial charge < -0.3 is 5.32 Å². The maximum atomic E-state index is 13.5. The molecule has 0 aromatic heterocycles. The van der Waals surface area contributed by atoms with Gasteiger partial charge in [-0.3, -0.25) is 4.79 Å². The van der Waals surface area contributed by atoms with Gasteiger partial charge in [-0.2, -0.15) is 5.26 Å². The number of carbonyl (C=O) groups is 1. The first kappa shape index (κ1) is 13.0. The first-order chi connectivity index (χ1) is 8.47. The van der Waals surface area contributed by atoms with Gasteiger partial charge in [0.1, 0.15) is 22.7 Å². The van der Waals surface area contributed by atoms with Crippen LogP contribution in [-0.2, 0) is 0 Å². The second kappa shape index (κ2) is 4.65. The molecule has 0 unspecified atom stereocenters. The summed E-state index contributed by atoms with van der Waals surface area (Å²) < 4.78 is 27.3. The van der Waals surface area contributed by atoms with Crippen LogP contribution in [-0.4, -0.2) is 11.4 Å². The molecular formula is C12H9BrF2N2O. The number of benzene rings is 1. The maximum absolute atomic E-state index is 13.5. The minimum atomic E-state index is -0.969. The zero-order valence-corrected chi connectivity index (χ0v) is 10.9. The van der Waals surface area contributed by atoms with Crippen molar-refractivity contribution in [2.75, 3.05) is 0 Å². The van der Waals surface area contributed by atoms with Crippen LogP contribution in [0, 0.1) is 23.0 Å². The van der Waals surface area contributed by atoms with E-state index in [1.54, 1.807) is 0 Å². The number of amides is 1. The van der Waals surface area contributed by atoms with Gasteiger partial charge in [-0.15, -0.1) is 0 Å². The van der Waals surface area contributed by atoms with E-state index in [1.807, 2.05) is 6.07 Å². The van der Waals surface area contributed by atoms with Crippen molar-refractivity contribution >= 4 is 21.8 Å². The topological polar surface area (TPSA) is 52.9 Å². The highest BCUT2D eigenvalue weighted by molar-refractivity contribution is 9.10. The molecule has 1 saturated carbocycles. The molecule has 1 aromatic carbocycles. The molecular weight excluding hydrogens is 306 g/mol. The van der Waals surface area contributed by atoms with Crippen LogP contribution >= 0.6 is 15.9 Å². The molecule has 1 N–H and O–H groups in total. The van der Waals surface area contributed by atoms with E-state index < -0.39 is 28.6 Å². The number of halogens is 3. The number of nitrogens with one attached hydrogen (secondary N) is 1. The van der Waals surface area contributed by atoms with Gasteiger partial charge in [0, 0.05) is 4.47 Å². The van der Waals surface area contributed by atoms with Crippen molar-refractivity contribution in [2.24, 2.45) is 0 Å². The number of hydrogen-bond acceptors (Lipinski definition) is 2. The second-order valence-electron chi connectivity index (χ2n) is 4.25. The molecule has 2 rings (SSSR count). The van der Waals surface area contributed by atoms with Crippen LogP contribution in [0.25, 0.3) is 0 Å². The fourth-order valence-corrected chi connectivity index (χ4v) is 2.24. The predicted molar refractivity (Wildman–Crippen MR) is 63.7 cm³/mol. The lowest BCUT2D eigenvalue weighted by Gasteiger charge is -2.35. The van der Waals surface area contributed by atoms with Crippen molar-refractivity contribution in [1.29, 1.82) is 5.26 Å². The highest BCUT2D eigenvalue weighted by atomic mass is 79.9. The Balaban J connectivity index is 2.27. The van der Waals surface area contributed by atoms with Crippen LogP contribution in [0.4, 0.5) is 8.78 Å². The third-order valence-corrected chi connectivity index (χ3v) is 3.47. The largest absolute Gasteiger partial charge is 0.334 e. The zero-order valence-electron chi connectivity index (χ0n) is 9.27. The molecule has 0 bridgehead atoms. The monoisotopic (exact) mass is 314 g/mol. The Kier molecular flexibility index (Phi) is 3.35. The summed E-state index contributed by atoms with van der Waals surface area (Å²) in [7, 11) is 0. The lowest BCUT2D eigenvalue weighted by molar-refractivity contribution is 0.0873. The summed E-state index contributed by atoms with van der Waals surface area (Å²) in [5, 5.41) is 11.4. The van der Waals surface area contributed by atoms with Crippen LogP contribution in [0.15, 0.2) is 16.6 Å². The molecule has 6 heteroatoms. The normalized spacial score (nSPS) is 16.6. The van der Waals surface area contributed by atoms with Crippen molar-refractivity contribution < 1.29 is 13.6 Å². The highest BCUT2D eigenvalue weighted by Crippen LogP contribution is 2.31. The van der Waals surface area contributed by atoms with Crippen LogP contribution in [0.1, 0.15) is 29.6 Å². The van der Waals surface area contributed by atoms with Gasteiger partial charge in [0.15, 0.2) is 0 Å². The van der Waals surface area contributed by atoms with E-state index in [9.17, 15) is 13.6 Å². The van der Waals surface area contributed by atoms with E-state index in [4.69, 9.17) is 5.26 Å². The average molecular weight is 315 g/mol. The molecule has 0 spiro atoms. The quantitative estimate of drug-likeness (QED) is 0.912. The summed E-state index contributed by atoms with van der Waals surface area (Å²) >= 11 is 2.93. The minimum Gasteiger partial charge on any atom is -0.334 e. The molecule has 1 aliphatic carbocycles. The molecule has 0 heterocycles. The Bertz CT molecular complexity index is 526. The molecule has 94 valence electrons. The lowest BCUT2D eigenvalue weighted by Crippen LogP contribution is -2.52. The van der Waals surface area contributed by atoms with E-state index in [0.29, 0.717) is 12.8 Å². The first-order valence-corrected chi connectivity index (χ1v) is 6.15. The van der Waals surface area contributed by atoms with Crippen molar-refractivity contribution in [3.63, 3.8) is 0 Å². The molecule has 1 fully saturated rings. The van der Waals surface area contributed by atoms with E-state index in [0.717, 1.165) is 18.6 Å². The van der Waals surface area contributed by atoms with Crippen LogP contribution in [0.5, 0.6) is 0 Å². The van der Waals surface area contributed by atoms with Gasteiger partial charge in [-0.05, 0) is 31.4 Å². The second-order valence-corrected chi connectivity index (χ2v) is 5.16. The molecule has 0 saturated heterocycles. The molecule has 0 atom stereocenters. The van der Waals surface area contributed by atoms with E-state index >= 15 is 0 Å². The predicted octanol–water partition coefficient (Wildman–Crippen LogP) is 2.90. The molecule has 1 aromatic rings. The molecule has 0 aliphatic heterocycles. The van der Waals surface area contributed by atoms with Crippen molar-refractivity contribution in [3.8, 4) is 6.07 Å². The first-order valence-electron chi connectivity index (χ1n) is 5.36. The highest BCUT2D eigenvalue weighted by Gasteiger charge is 2.39. The zero-order chi connectivity index (χ0) is 13.3. The van der Waals surface area contributed by atoms with Crippen molar-refractivity contribution in [1.82, 2.24) is 5.32 Å². The SMILES string of the molecule is N#CC1(NC(=O)c2c(F)cc(Br)cc2F)CCC1. The fraction of sp³-hybridized carbons (Fsp3) is 0.333. The van der Waals surface area contributed by atoms with Gasteiger partial charge in [0.2, 0.25) is 0 Å². The van der Waals surface area contributed by atoms with Gasteiger partial charge in [-0.25, -0.2) is 8.78 Å². The Labute approximate surface area is 111 Å². The number of nitriles is 1. The summed E-state index contributed by atoms with van der Waals surface area (Å²) in [5.74, 6) is -2.79. The number of carbonyl (C=O) groups excluding carboxylic acids is 1. The number of nitrogens with zero attached hydrogens (tertiary/aromatic N) is 1. The molecule has 1 amide bonds. The van der Waals surface area contributed by atoms with Gasteiger partial charge >= 0.3 is 0 Å². The van der Waals surface area contributed by atoms with Gasteiger partial charge in [0.05, 0.1) is 6.07 Å². The standard InChI is InChI=1S/C12H9BrF2N2O/c13-7-4-8(14)10(9(15)5-7)11(18)17-12(6-16)2-1-3-12/h4-5H,1-3H2,(H,17,18). The molecule has 18 heavy (non-hydrogen) atoms. The lowest BCUT2D eigenvalue weighted by atomic mass is 9.78. The van der Waals surface area contributed by atoms with Crippen LogP contribution < -0.4 is 5.32 Å². The molecule has 3 nitrogen and oxygen atoms in total. The Morgan fingerprint density at radius 2 is 1.94 bits per heavy atom. The molecule has 0 radical (unpaired) electrons. The van der Waals surface area contributed by atoms with Gasteiger partial charge in [0.25, 0.3) is 5.91 Å². The number of rotatable bonds is 2. The maximum Gasteiger partial charge on any atom is 0.258 e. The molecule has 1 aliphatic rings. The van der Waals surface area contributed by atoms with Crippen LogP contribution in [0.3, 0.4) is 0 Å². The van der Waals surface area contributed by atoms with E-state index in [2.05, 4.69) is 21.2 Å². The van der Waals surface area contributed by atoms with Crippen molar-refractivity contribution in [2.45, 2.75) is 24.8 Å². The summed E-state index contributed by atoms with van der Waals surface area (Å²) in [6.07, 6.45) is 1.84. The van der Waals surface area contributed by atoms with E-state index in [1.165, 1.54) is 0 Å². The fourth-order valence-electron chi connectivity index (χ4n) is 1.83. The number of hydrogen-bond donors (Lipinski definition) is 1. The van der Waals surface area contributed by atoms with Crippen molar-refractivity contribution in [3.05, 3.63) is 33.8 Å². The van der Waals surface area contributed by atoms with E-state index in [-0.39, 0.29) is 4.47 Å². The Morgan fingerprint density at radius 1 is 1.39 bits per heavy atom. The average Bonchev–Trinajstić information content (AvgIpc) is 2.21. The van der Waals surface area contributed by atoms with Crippen LogP contribution in [0.2, 0.25) is 0 Å². The summed E-state index contributed by atoms with van der Waals surface area (Å²) in [6, 6.07) is 4.00. The summed E-state index contributed by atoms with van der Waals surface area (Å²) in [4.78, 5) is 11.8. The smallest absolute Gasteiger partial charge is 0.258 e. The third-order valence-electron chi connectivity index (χ3n) is 3.01. The summed E-state index contributed by atoms with van der Waals surface area (Å²) in [5.41, 5.74) is -1.62. The third kappa shape index (κ3) is 2.23. The minimum absolute atomic E-state index is 0.215.